The van der Waals surface area contributed by atoms with Gasteiger partial charge in [-0.1, -0.05) is 32.9 Å². The molecule has 3 heterocycles. The third-order valence-corrected chi connectivity index (χ3v) is 7.34. The lowest BCUT2D eigenvalue weighted by Crippen LogP contribution is -2.26. The van der Waals surface area contributed by atoms with Crippen molar-refractivity contribution >= 4 is 27.2 Å². The number of aryl methyl sites for hydroxylation is 1. The molecule has 0 N–H and O–H groups in total. The number of hydrogen-bond donors (Lipinski definition) is 0. The van der Waals surface area contributed by atoms with Gasteiger partial charge in [-0.2, -0.15) is 0 Å². The van der Waals surface area contributed by atoms with Gasteiger partial charge in [0.15, 0.2) is 11.5 Å². The lowest BCUT2D eigenvalue weighted by molar-refractivity contribution is 0.218. The van der Waals surface area contributed by atoms with Crippen LogP contribution in [-0.2, 0) is 19.3 Å². The molecule has 5 rings (SSSR count). The summed E-state index contributed by atoms with van der Waals surface area (Å²) in [6, 6.07) is 8.09. The molecule has 6 heteroatoms. The largest absolute Gasteiger partial charge is 0.497 e. The molecular formula is C23H26N4OS. The summed E-state index contributed by atoms with van der Waals surface area (Å²) in [7, 11) is 1.68. The predicted molar refractivity (Wildman–Crippen MR) is 117 cm³/mol. The number of fused-ring (bicyclic) bond motifs is 5. The van der Waals surface area contributed by atoms with Gasteiger partial charge in [0.1, 0.15) is 16.9 Å². The molecule has 1 aromatic carbocycles. The van der Waals surface area contributed by atoms with Gasteiger partial charge in [0.25, 0.3) is 0 Å². The van der Waals surface area contributed by atoms with Crippen molar-refractivity contribution in [2.75, 3.05) is 7.11 Å². The maximum atomic E-state index is 5.25. The Morgan fingerprint density at radius 3 is 2.72 bits per heavy atom. The highest BCUT2D eigenvalue weighted by molar-refractivity contribution is 7.19. The van der Waals surface area contributed by atoms with Crippen molar-refractivity contribution < 1.29 is 4.74 Å². The van der Waals surface area contributed by atoms with Crippen LogP contribution in [0.15, 0.2) is 30.6 Å². The van der Waals surface area contributed by atoms with Gasteiger partial charge in [0, 0.05) is 11.3 Å². The first-order chi connectivity index (χ1) is 13.9. The van der Waals surface area contributed by atoms with Crippen LogP contribution in [0, 0.1) is 11.3 Å². The Bertz CT molecular complexity index is 1180. The normalized spacial score (nSPS) is 17.0. The van der Waals surface area contributed by atoms with Gasteiger partial charge in [-0.25, -0.2) is 14.5 Å². The standard InChI is InChI=1S/C23H26N4OS/c1-23(2,3)15-7-10-17-18(12-15)29-22-20(17)21-25-19(26-27(21)13-24-22)11-14-5-8-16(28-4)9-6-14/h5-6,8-9,13,15H,7,10-12H2,1-4H3. The lowest BCUT2D eigenvalue weighted by Gasteiger charge is -2.33. The fourth-order valence-corrected chi connectivity index (χ4v) is 5.62. The van der Waals surface area contributed by atoms with E-state index in [9.17, 15) is 0 Å². The van der Waals surface area contributed by atoms with E-state index in [0.29, 0.717) is 11.8 Å². The summed E-state index contributed by atoms with van der Waals surface area (Å²) in [5.41, 5.74) is 3.92. The molecule has 0 bridgehead atoms. The van der Waals surface area contributed by atoms with E-state index in [1.165, 1.54) is 27.8 Å². The van der Waals surface area contributed by atoms with Crippen molar-refractivity contribution in [3.63, 3.8) is 0 Å². The van der Waals surface area contributed by atoms with Gasteiger partial charge < -0.3 is 4.74 Å². The predicted octanol–water partition coefficient (Wildman–Crippen LogP) is 5.09. The number of aromatic nitrogens is 4. The van der Waals surface area contributed by atoms with Crippen molar-refractivity contribution in [1.29, 1.82) is 0 Å². The maximum absolute atomic E-state index is 5.25. The zero-order valence-corrected chi connectivity index (χ0v) is 18.2. The second kappa shape index (κ2) is 6.80. The molecule has 1 aliphatic rings. The number of thiophene rings is 1. The molecule has 1 atom stereocenters. The van der Waals surface area contributed by atoms with Crippen LogP contribution in [0.3, 0.4) is 0 Å². The summed E-state index contributed by atoms with van der Waals surface area (Å²) in [5, 5.41) is 5.92. The Hall–Kier alpha value is -2.47. The van der Waals surface area contributed by atoms with E-state index < -0.39 is 0 Å². The maximum Gasteiger partial charge on any atom is 0.167 e. The summed E-state index contributed by atoms with van der Waals surface area (Å²) in [6.07, 6.45) is 6.01. The zero-order chi connectivity index (χ0) is 20.2. The molecule has 0 spiro atoms. The van der Waals surface area contributed by atoms with E-state index >= 15 is 0 Å². The number of rotatable bonds is 3. The summed E-state index contributed by atoms with van der Waals surface area (Å²) >= 11 is 1.85. The molecule has 0 fully saturated rings. The molecular weight excluding hydrogens is 380 g/mol. The lowest BCUT2D eigenvalue weighted by atomic mass is 9.72. The molecule has 0 aliphatic heterocycles. The molecule has 0 saturated heterocycles. The first kappa shape index (κ1) is 18.6. The van der Waals surface area contributed by atoms with Crippen LogP contribution >= 0.6 is 11.3 Å². The average molecular weight is 407 g/mol. The van der Waals surface area contributed by atoms with Crippen LogP contribution in [0.4, 0.5) is 0 Å². The van der Waals surface area contributed by atoms with Crippen molar-refractivity contribution in [2.24, 2.45) is 11.3 Å². The molecule has 3 aromatic heterocycles. The first-order valence-electron chi connectivity index (χ1n) is 10.2. The van der Waals surface area contributed by atoms with E-state index in [2.05, 4.69) is 32.9 Å². The minimum Gasteiger partial charge on any atom is -0.497 e. The number of methoxy groups -OCH3 is 1. The van der Waals surface area contributed by atoms with E-state index in [1.807, 2.05) is 34.3 Å². The van der Waals surface area contributed by atoms with Gasteiger partial charge in [-0.05, 0) is 53.9 Å². The van der Waals surface area contributed by atoms with Crippen molar-refractivity contribution in [3.8, 4) is 5.75 Å². The number of hydrogen-bond acceptors (Lipinski definition) is 5. The monoisotopic (exact) mass is 406 g/mol. The second-order valence-electron chi connectivity index (χ2n) is 9.06. The third-order valence-electron chi connectivity index (χ3n) is 6.18. The molecule has 0 amide bonds. The molecule has 0 radical (unpaired) electrons. The van der Waals surface area contributed by atoms with Crippen molar-refractivity contribution in [3.05, 3.63) is 52.4 Å². The highest BCUT2D eigenvalue weighted by atomic mass is 32.1. The number of benzene rings is 1. The van der Waals surface area contributed by atoms with E-state index in [-0.39, 0.29) is 0 Å². The molecule has 5 nitrogen and oxygen atoms in total. The Morgan fingerprint density at radius 2 is 2.00 bits per heavy atom. The van der Waals surface area contributed by atoms with Gasteiger partial charge in [0.2, 0.25) is 0 Å². The van der Waals surface area contributed by atoms with E-state index in [0.717, 1.165) is 40.8 Å². The number of ether oxygens (including phenoxy) is 1. The molecule has 1 aliphatic carbocycles. The van der Waals surface area contributed by atoms with Crippen LogP contribution in [0.25, 0.3) is 15.9 Å². The topological polar surface area (TPSA) is 52.3 Å². The molecule has 1 unspecified atom stereocenters. The summed E-state index contributed by atoms with van der Waals surface area (Å²) in [4.78, 5) is 12.2. The quantitative estimate of drug-likeness (QED) is 0.476. The SMILES string of the molecule is COc1ccc(Cc2nc3c4c5c(sc4ncn3n2)CC(C(C)(C)C)CC5)cc1. The van der Waals surface area contributed by atoms with Crippen LogP contribution < -0.4 is 4.74 Å². The van der Waals surface area contributed by atoms with Crippen molar-refractivity contribution in [1.82, 2.24) is 19.6 Å². The summed E-state index contributed by atoms with van der Waals surface area (Å²) in [6.45, 7) is 7.07. The van der Waals surface area contributed by atoms with Crippen LogP contribution in [0.1, 0.15) is 49.0 Å². The highest BCUT2D eigenvalue weighted by Gasteiger charge is 2.31. The van der Waals surface area contributed by atoms with Crippen molar-refractivity contribution in [2.45, 2.75) is 46.5 Å². The summed E-state index contributed by atoms with van der Waals surface area (Å²) in [5.74, 6) is 2.41. The van der Waals surface area contributed by atoms with E-state index in [1.54, 1.807) is 7.11 Å². The minimum absolute atomic E-state index is 0.344. The van der Waals surface area contributed by atoms with Gasteiger partial charge in [-0.15, -0.1) is 16.4 Å². The molecule has 29 heavy (non-hydrogen) atoms. The fourth-order valence-electron chi connectivity index (χ4n) is 4.36. The third kappa shape index (κ3) is 3.29. The number of nitrogens with zero attached hydrogens (tertiary/aromatic N) is 4. The van der Waals surface area contributed by atoms with Gasteiger partial charge >= 0.3 is 0 Å². The Kier molecular flexibility index (Phi) is 4.35. The Labute approximate surface area is 174 Å². The first-order valence-corrected chi connectivity index (χ1v) is 11.0. The van der Waals surface area contributed by atoms with Gasteiger partial charge in [0.05, 0.1) is 12.5 Å². The Balaban J connectivity index is 1.52. The zero-order valence-electron chi connectivity index (χ0n) is 17.4. The van der Waals surface area contributed by atoms with E-state index in [4.69, 9.17) is 19.8 Å². The highest BCUT2D eigenvalue weighted by Crippen LogP contribution is 2.43. The minimum atomic E-state index is 0.344. The van der Waals surface area contributed by atoms with Crippen LogP contribution in [0.5, 0.6) is 5.75 Å². The van der Waals surface area contributed by atoms with Crippen LogP contribution in [0.2, 0.25) is 0 Å². The molecule has 4 aromatic rings. The fraction of sp³-hybridized carbons (Fsp3) is 0.435. The summed E-state index contributed by atoms with van der Waals surface area (Å²) < 4.78 is 7.10. The smallest absolute Gasteiger partial charge is 0.167 e. The van der Waals surface area contributed by atoms with Gasteiger partial charge in [-0.3, -0.25) is 0 Å². The van der Waals surface area contributed by atoms with Crippen LogP contribution in [-0.4, -0.2) is 26.7 Å². The Morgan fingerprint density at radius 1 is 1.21 bits per heavy atom. The molecule has 0 saturated carbocycles. The average Bonchev–Trinajstić information content (AvgIpc) is 3.27. The molecule has 150 valence electrons. The second-order valence-corrected chi connectivity index (χ2v) is 10.1.